The lowest BCUT2D eigenvalue weighted by Gasteiger charge is -2.12. The van der Waals surface area contributed by atoms with E-state index in [2.05, 4.69) is 15.4 Å². The van der Waals surface area contributed by atoms with Gasteiger partial charge in [0.25, 0.3) is 0 Å². The molecule has 1 heterocycles. The molecule has 0 N–H and O–H groups in total. The van der Waals surface area contributed by atoms with E-state index in [1.54, 1.807) is 30.3 Å². The van der Waals surface area contributed by atoms with Crippen LogP contribution in [0.25, 0.3) is 11.4 Å². The second-order valence-electron chi connectivity index (χ2n) is 5.73. The minimum absolute atomic E-state index is 0.00680. The van der Waals surface area contributed by atoms with E-state index in [1.807, 2.05) is 0 Å². The molecule has 0 saturated carbocycles. The van der Waals surface area contributed by atoms with Crippen LogP contribution in [-0.2, 0) is 18.9 Å². The van der Waals surface area contributed by atoms with Crippen molar-refractivity contribution in [3.8, 4) is 11.4 Å². The summed E-state index contributed by atoms with van der Waals surface area (Å²) in [7, 11) is 0. The number of aromatic nitrogens is 4. The average Bonchev–Trinajstić information content (AvgIpc) is 3.09. The highest BCUT2D eigenvalue weighted by molar-refractivity contribution is 5.95. The van der Waals surface area contributed by atoms with Gasteiger partial charge in [-0.15, -0.1) is 10.2 Å². The van der Waals surface area contributed by atoms with Crippen molar-refractivity contribution in [2.24, 2.45) is 0 Å². The van der Waals surface area contributed by atoms with E-state index >= 15 is 0 Å². The fourth-order valence-corrected chi connectivity index (χ4v) is 2.35. The number of benzene rings is 2. The van der Waals surface area contributed by atoms with Crippen LogP contribution in [0.3, 0.4) is 0 Å². The van der Waals surface area contributed by atoms with Crippen LogP contribution in [0.15, 0.2) is 48.5 Å². The number of nitrogens with zero attached hydrogens (tertiary/aromatic N) is 4. The van der Waals surface area contributed by atoms with Crippen LogP contribution in [0.4, 0.5) is 26.3 Å². The maximum Gasteiger partial charge on any atom is 0.416 e. The number of alkyl halides is 6. The van der Waals surface area contributed by atoms with Gasteiger partial charge in [0.2, 0.25) is 5.82 Å². The van der Waals surface area contributed by atoms with Crippen LogP contribution in [0.5, 0.6) is 0 Å². The van der Waals surface area contributed by atoms with Gasteiger partial charge in [-0.2, -0.15) is 31.1 Å². The lowest BCUT2D eigenvalue weighted by atomic mass is 10.0. The van der Waals surface area contributed by atoms with E-state index in [0.29, 0.717) is 17.7 Å². The van der Waals surface area contributed by atoms with Gasteiger partial charge < -0.3 is 0 Å². The van der Waals surface area contributed by atoms with Crippen LogP contribution >= 0.6 is 0 Å². The minimum atomic E-state index is -4.99. The molecule has 0 radical (unpaired) electrons. The van der Waals surface area contributed by atoms with Crippen LogP contribution in [0.2, 0.25) is 0 Å². The number of halogens is 6. The third kappa shape index (κ3) is 4.35. The van der Waals surface area contributed by atoms with Crippen molar-refractivity contribution in [3.05, 3.63) is 65.2 Å². The zero-order chi connectivity index (χ0) is 20.5. The first-order chi connectivity index (χ1) is 13.0. The summed E-state index contributed by atoms with van der Waals surface area (Å²) in [5.74, 6) is -0.859. The largest absolute Gasteiger partial charge is 0.416 e. The fourth-order valence-electron chi connectivity index (χ4n) is 2.35. The highest BCUT2D eigenvalue weighted by Crippen LogP contribution is 2.37. The van der Waals surface area contributed by atoms with Crippen molar-refractivity contribution < 1.29 is 31.1 Å². The van der Waals surface area contributed by atoms with Crippen molar-refractivity contribution >= 4 is 5.78 Å². The predicted octanol–water partition coefficient (Wildman–Crippen LogP) is 4.26. The molecular formula is C17H10F6N4O. The van der Waals surface area contributed by atoms with E-state index in [4.69, 9.17) is 0 Å². The molecule has 3 aromatic rings. The van der Waals surface area contributed by atoms with Crippen molar-refractivity contribution in [2.45, 2.75) is 18.9 Å². The Morgan fingerprint density at radius 3 is 2.00 bits per heavy atom. The van der Waals surface area contributed by atoms with Crippen LogP contribution < -0.4 is 0 Å². The molecule has 0 aliphatic heterocycles. The molecule has 0 unspecified atom stereocenters. The predicted molar refractivity (Wildman–Crippen MR) is 84.0 cm³/mol. The SMILES string of the molecule is O=C(Cn1nnc(-c2cc(C(F)(F)F)cc(C(F)(F)F)c2)n1)c1ccccc1. The zero-order valence-electron chi connectivity index (χ0n) is 13.8. The number of hydrogen-bond acceptors (Lipinski definition) is 4. The zero-order valence-corrected chi connectivity index (χ0v) is 13.8. The van der Waals surface area contributed by atoms with E-state index < -0.39 is 40.7 Å². The van der Waals surface area contributed by atoms with Crippen molar-refractivity contribution in [1.29, 1.82) is 0 Å². The molecule has 5 nitrogen and oxygen atoms in total. The van der Waals surface area contributed by atoms with E-state index in [1.165, 1.54) is 0 Å². The molecule has 0 fully saturated rings. The summed E-state index contributed by atoms with van der Waals surface area (Å²) in [5, 5.41) is 10.7. The van der Waals surface area contributed by atoms with Gasteiger partial charge in [0.1, 0.15) is 6.54 Å². The van der Waals surface area contributed by atoms with Crippen LogP contribution in [-0.4, -0.2) is 26.0 Å². The summed E-state index contributed by atoms with van der Waals surface area (Å²) in [6.07, 6.45) is -9.98. The Labute approximate surface area is 153 Å². The number of ketones is 1. The van der Waals surface area contributed by atoms with Crippen molar-refractivity contribution in [2.75, 3.05) is 0 Å². The second kappa shape index (κ2) is 7.06. The van der Waals surface area contributed by atoms with E-state index in [9.17, 15) is 31.1 Å². The molecule has 2 aromatic carbocycles. The summed E-state index contributed by atoms with van der Waals surface area (Å²) in [6.45, 7) is -0.373. The maximum atomic E-state index is 12.9. The standard InChI is InChI=1S/C17H10F6N4O/c18-16(19,20)12-6-11(7-13(8-12)17(21,22)23)15-24-26-27(25-15)9-14(28)10-4-2-1-3-5-10/h1-8H,9H2. The van der Waals surface area contributed by atoms with Gasteiger partial charge >= 0.3 is 12.4 Å². The molecule has 3 rings (SSSR count). The molecule has 0 aliphatic rings. The van der Waals surface area contributed by atoms with Gasteiger partial charge in [-0.05, 0) is 23.4 Å². The Hall–Kier alpha value is -3.24. The van der Waals surface area contributed by atoms with Gasteiger partial charge in [0.15, 0.2) is 5.78 Å². The van der Waals surface area contributed by atoms with E-state index in [-0.39, 0.29) is 12.6 Å². The second-order valence-corrected chi connectivity index (χ2v) is 5.73. The topological polar surface area (TPSA) is 60.7 Å². The van der Waals surface area contributed by atoms with Crippen molar-refractivity contribution in [1.82, 2.24) is 20.2 Å². The summed E-state index contributed by atoms with van der Waals surface area (Å²) in [6, 6.07) is 9.06. The van der Waals surface area contributed by atoms with Crippen LogP contribution in [0, 0.1) is 0 Å². The number of Topliss-reactive ketones (excluding diaryl/α,β-unsaturated/α-hetero) is 1. The molecule has 0 amide bonds. The Morgan fingerprint density at radius 1 is 0.893 bits per heavy atom. The monoisotopic (exact) mass is 400 g/mol. The molecule has 1 aromatic heterocycles. The lowest BCUT2D eigenvalue weighted by Crippen LogP contribution is -2.13. The summed E-state index contributed by atoms with van der Waals surface area (Å²) >= 11 is 0. The number of carbonyl (C=O) groups is 1. The van der Waals surface area contributed by atoms with Gasteiger partial charge in [0, 0.05) is 11.1 Å². The molecule has 0 saturated heterocycles. The Morgan fingerprint density at radius 2 is 1.46 bits per heavy atom. The molecule has 146 valence electrons. The van der Waals surface area contributed by atoms with Crippen LogP contribution in [0.1, 0.15) is 21.5 Å². The molecule has 0 spiro atoms. The Balaban J connectivity index is 1.93. The summed E-state index contributed by atoms with van der Waals surface area (Å²) in [4.78, 5) is 12.9. The molecule has 0 bridgehead atoms. The fraction of sp³-hybridized carbons (Fsp3) is 0.176. The number of carbonyl (C=O) groups excluding carboxylic acids is 1. The van der Waals surface area contributed by atoms with Crippen molar-refractivity contribution in [3.63, 3.8) is 0 Å². The van der Waals surface area contributed by atoms with Gasteiger partial charge in [-0.1, -0.05) is 30.3 Å². The average molecular weight is 400 g/mol. The van der Waals surface area contributed by atoms with Gasteiger partial charge in [-0.3, -0.25) is 4.79 Å². The molecule has 28 heavy (non-hydrogen) atoms. The first kappa shape index (κ1) is 19.5. The third-order valence-electron chi connectivity index (χ3n) is 3.68. The number of hydrogen-bond donors (Lipinski definition) is 0. The molecular weight excluding hydrogens is 390 g/mol. The van der Waals surface area contributed by atoms with E-state index in [0.717, 1.165) is 4.80 Å². The van der Waals surface area contributed by atoms with Gasteiger partial charge in [-0.25, -0.2) is 0 Å². The lowest BCUT2D eigenvalue weighted by molar-refractivity contribution is -0.143. The first-order valence-electron chi connectivity index (χ1n) is 7.70. The minimum Gasteiger partial charge on any atom is -0.292 e. The summed E-state index contributed by atoms with van der Waals surface area (Å²) < 4.78 is 77.7. The third-order valence-corrected chi connectivity index (χ3v) is 3.68. The molecule has 11 heteroatoms. The number of rotatable bonds is 4. The summed E-state index contributed by atoms with van der Waals surface area (Å²) in [5.41, 5.74) is -3.15. The molecule has 0 atom stereocenters. The Bertz CT molecular complexity index is 963. The first-order valence-corrected chi connectivity index (χ1v) is 7.70. The highest BCUT2D eigenvalue weighted by Gasteiger charge is 2.37. The normalized spacial score (nSPS) is 12.2. The quantitative estimate of drug-likeness (QED) is 0.485. The Kier molecular flexibility index (Phi) is 4.92. The number of tetrazole rings is 1. The molecule has 0 aliphatic carbocycles. The highest BCUT2D eigenvalue weighted by atomic mass is 19.4. The van der Waals surface area contributed by atoms with Gasteiger partial charge in [0.05, 0.1) is 11.1 Å². The maximum absolute atomic E-state index is 12.9. The smallest absolute Gasteiger partial charge is 0.292 e.